The number of carbonyl (C=O) groups is 1. The summed E-state index contributed by atoms with van der Waals surface area (Å²) in [5.74, 6) is 2.32. The van der Waals surface area contributed by atoms with Gasteiger partial charge < -0.3 is 9.47 Å². The largest absolute Gasteiger partial charge is 0.339 e. The third-order valence-electron chi connectivity index (χ3n) is 5.95. The van der Waals surface area contributed by atoms with Crippen molar-refractivity contribution in [3.63, 3.8) is 0 Å². The molecule has 4 rings (SSSR count). The summed E-state index contributed by atoms with van der Waals surface area (Å²) < 4.78 is 2.10. The number of likely N-dealkylation sites (tertiary alicyclic amines) is 1. The van der Waals surface area contributed by atoms with E-state index in [0.29, 0.717) is 11.8 Å². The van der Waals surface area contributed by atoms with Crippen LogP contribution in [0.1, 0.15) is 45.4 Å². The number of amides is 1. The fraction of sp³-hybridized carbons (Fsp3) is 0.571. The number of fused-ring (bicyclic) bond motifs is 1. The van der Waals surface area contributed by atoms with Crippen LogP contribution in [0.5, 0.6) is 0 Å². The van der Waals surface area contributed by atoms with Crippen LogP contribution in [0.3, 0.4) is 0 Å². The molecule has 6 heteroatoms. The minimum atomic E-state index is 0.267. The fourth-order valence-corrected chi connectivity index (χ4v) is 5.51. The number of thioether (sulfide) groups is 1. The number of piperidine rings is 1. The lowest BCUT2D eigenvalue weighted by molar-refractivity contribution is -0.134. The molecule has 0 bridgehead atoms. The minimum absolute atomic E-state index is 0.267. The minimum Gasteiger partial charge on any atom is -0.339 e. The zero-order valence-electron chi connectivity index (χ0n) is 16.0. The first kappa shape index (κ1) is 18.5. The second kappa shape index (κ2) is 8.46. The summed E-state index contributed by atoms with van der Waals surface area (Å²) in [6.07, 6.45) is 7.53. The molecule has 1 saturated carbocycles. The first-order chi connectivity index (χ1) is 13.3. The van der Waals surface area contributed by atoms with Crippen molar-refractivity contribution >= 4 is 17.7 Å². The van der Waals surface area contributed by atoms with Crippen molar-refractivity contribution < 1.29 is 4.79 Å². The number of nitrogens with zero attached hydrogens (tertiary/aromatic N) is 4. The van der Waals surface area contributed by atoms with Crippen LogP contribution in [0.15, 0.2) is 35.5 Å². The van der Waals surface area contributed by atoms with Crippen LogP contribution in [0.2, 0.25) is 0 Å². The second-order valence-electron chi connectivity index (χ2n) is 7.55. The molecule has 2 heterocycles. The molecule has 27 heavy (non-hydrogen) atoms. The molecule has 1 saturated heterocycles. The molecular weight excluding hydrogens is 356 g/mol. The first-order valence-electron chi connectivity index (χ1n) is 10.2. The van der Waals surface area contributed by atoms with Gasteiger partial charge in [-0.15, -0.1) is 10.2 Å². The number of rotatable bonds is 5. The summed E-state index contributed by atoms with van der Waals surface area (Å²) in [7, 11) is 0. The van der Waals surface area contributed by atoms with Crippen molar-refractivity contribution in [2.75, 3.05) is 12.3 Å². The normalized spacial score (nSPS) is 22.5. The van der Waals surface area contributed by atoms with Gasteiger partial charge in [0.25, 0.3) is 0 Å². The molecule has 2 atom stereocenters. The van der Waals surface area contributed by atoms with Crippen molar-refractivity contribution in [2.45, 2.75) is 63.2 Å². The lowest BCUT2D eigenvalue weighted by atomic mass is 9.78. The Kier molecular flexibility index (Phi) is 5.81. The second-order valence-corrected chi connectivity index (χ2v) is 8.49. The smallest absolute Gasteiger partial charge is 0.233 e. The van der Waals surface area contributed by atoms with Crippen molar-refractivity contribution in [1.82, 2.24) is 19.7 Å². The molecule has 0 spiro atoms. The number of carbonyl (C=O) groups excluding carboxylic acids is 1. The maximum atomic E-state index is 13.0. The predicted octanol–water partition coefficient (Wildman–Crippen LogP) is 4.24. The highest BCUT2D eigenvalue weighted by molar-refractivity contribution is 7.99. The molecule has 144 valence electrons. The summed E-state index contributed by atoms with van der Waals surface area (Å²) in [4.78, 5) is 15.1. The van der Waals surface area contributed by atoms with Crippen LogP contribution in [-0.2, 0) is 11.3 Å². The Morgan fingerprint density at radius 3 is 2.70 bits per heavy atom. The maximum absolute atomic E-state index is 13.0. The van der Waals surface area contributed by atoms with E-state index in [1.54, 1.807) is 0 Å². The molecule has 1 aromatic carbocycles. The first-order valence-corrected chi connectivity index (χ1v) is 11.2. The molecule has 1 aliphatic carbocycles. The van der Waals surface area contributed by atoms with Crippen molar-refractivity contribution in [2.24, 2.45) is 5.92 Å². The Bertz CT molecular complexity index is 774. The van der Waals surface area contributed by atoms with Crippen molar-refractivity contribution in [3.05, 3.63) is 30.3 Å². The van der Waals surface area contributed by atoms with E-state index in [2.05, 4.69) is 26.6 Å². The van der Waals surface area contributed by atoms with Gasteiger partial charge in [-0.2, -0.15) is 0 Å². The standard InChI is InChI=1S/C21H28N4OS/c1-2-24-20(17-10-4-3-5-11-17)22-23-21(24)27-15-19(26)25-14-8-12-16-9-6-7-13-18(16)25/h3-5,10-11,16,18H,2,6-9,12-15H2,1H3/t16-,18-/m0/s1. The van der Waals surface area contributed by atoms with Gasteiger partial charge in [-0.05, 0) is 38.5 Å². The third-order valence-corrected chi connectivity index (χ3v) is 6.90. The van der Waals surface area contributed by atoms with Crippen molar-refractivity contribution in [1.29, 1.82) is 0 Å². The van der Waals surface area contributed by atoms with Crippen LogP contribution in [-0.4, -0.2) is 43.9 Å². The summed E-state index contributed by atoms with van der Waals surface area (Å²) in [5, 5.41) is 9.58. The summed E-state index contributed by atoms with van der Waals surface area (Å²) in [5.41, 5.74) is 1.06. The maximum Gasteiger partial charge on any atom is 0.233 e. The molecular formula is C21H28N4OS. The monoisotopic (exact) mass is 384 g/mol. The van der Waals surface area contributed by atoms with Gasteiger partial charge in [-0.25, -0.2) is 0 Å². The van der Waals surface area contributed by atoms with Crippen LogP contribution in [0, 0.1) is 5.92 Å². The van der Waals surface area contributed by atoms with Gasteiger partial charge in [-0.3, -0.25) is 4.79 Å². The van der Waals surface area contributed by atoms with Gasteiger partial charge in [0.2, 0.25) is 5.91 Å². The van der Waals surface area contributed by atoms with E-state index in [1.165, 1.54) is 43.9 Å². The van der Waals surface area contributed by atoms with Gasteiger partial charge in [-0.1, -0.05) is 54.9 Å². The summed E-state index contributed by atoms with van der Waals surface area (Å²) in [6.45, 7) is 3.82. The van der Waals surface area contributed by atoms with E-state index in [-0.39, 0.29) is 5.91 Å². The molecule has 1 amide bonds. The zero-order valence-corrected chi connectivity index (χ0v) is 16.8. The number of hydrogen-bond donors (Lipinski definition) is 0. The van der Waals surface area contributed by atoms with E-state index in [4.69, 9.17) is 0 Å². The summed E-state index contributed by atoms with van der Waals surface area (Å²) in [6, 6.07) is 10.6. The van der Waals surface area contributed by atoms with E-state index in [0.717, 1.165) is 42.0 Å². The third kappa shape index (κ3) is 3.91. The topological polar surface area (TPSA) is 51.0 Å². The quantitative estimate of drug-likeness (QED) is 0.724. The van der Waals surface area contributed by atoms with E-state index < -0.39 is 0 Å². The molecule has 5 nitrogen and oxygen atoms in total. The predicted molar refractivity (Wildman–Crippen MR) is 109 cm³/mol. The van der Waals surface area contributed by atoms with Gasteiger partial charge in [0.1, 0.15) is 0 Å². The lowest BCUT2D eigenvalue weighted by Gasteiger charge is -2.44. The van der Waals surface area contributed by atoms with Crippen LogP contribution < -0.4 is 0 Å². The molecule has 0 unspecified atom stereocenters. The highest BCUT2D eigenvalue weighted by Gasteiger charge is 2.35. The number of benzene rings is 1. The molecule has 1 aliphatic heterocycles. The van der Waals surface area contributed by atoms with Gasteiger partial charge >= 0.3 is 0 Å². The van der Waals surface area contributed by atoms with Crippen molar-refractivity contribution in [3.8, 4) is 11.4 Å². The molecule has 2 fully saturated rings. The molecule has 0 N–H and O–H groups in total. The highest BCUT2D eigenvalue weighted by atomic mass is 32.2. The SMILES string of the molecule is CCn1c(SCC(=O)N2CCC[C@@H]3CCCC[C@@H]32)nnc1-c1ccccc1. The molecule has 2 aliphatic rings. The Labute approximate surface area is 165 Å². The van der Waals surface area contributed by atoms with Gasteiger partial charge in [0, 0.05) is 24.7 Å². The average Bonchev–Trinajstić information content (AvgIpc) is 3.15. The average molecular weight is 385 g/mol. The van der Waals surface area contributed by atoms with Crippen LogP contribution >= 0.6 is 11.8 Å². The Balaban J connectivity index is 1.44. The number of aromatic nitrogens is 3. The van der Waals surface area contributed by atoms with Crippen LogP contribution in [0.4, 0.5) is 0 Å². The van der Waals surface area contributed by atoms with Crippen LogP contribution in [0.25, 0.3) is 11.4 Å². The molecule has 2 aromatic rings. The lowest BCUT2D eigenvalue weighted by Crippen LogP contribution is -2.50. The Morgan fingerprint density at radius 1 is 1.11 bits per heavy atom. The Hall–Kier alpha value is -1.82. The zero-order chi connectivity index (χ0) is 18.6. The van der Waals surface area contributed by atoms with Gasteiger partial charge in [0.05, 0.1) is 5.75 Å². The number of hydrogen-bond acceptors (Lipinski definition) is 4. The highest BCUT2D eigenvalue weighted by Crippen LogP contribution is 2.35. The Morgan fingerprint density at radius 2 is 1.89 bits per heavy atom. The van der Waals surface area contributed by atoms with E-state index >= 15 is 0 Å². The molecule has 1 aromatic heterocycles. The van der Waals surface area contributed by atoms with Gasteiger partial charge in [0.15, 0.2) is 11.0 Å². The molecule has 0 radical (unpaired) electrons. The summed E-state index contributed by atoms with van der Waals surface area (Å²) >= 11 is 1.53. The van der Waals surface area contributed by atoms with E-state index in [1.807, 2.05) is 30.3 Å². The van der Waals surface area contributed by atoms with E-state index in [9.17, 15) is 4.79 Å². The fourth-order valence-electron chi connectivity index (χ4n) is 4.62.